The molecule has 0 radical (unpaired) electrons. The van der Waals surface area contributed by atoms with Crippen molar-refractivity contribution in [3.05, 3.63) is 28.2 Å². The fourth-order valence-electron chi connectivity index (χ4n) is 1.36. The predicted molar refractivity (Wildman–Crippen MR) is 63.3 cm³/mol. The van der Waals surface area contributed by atoms with E-state index in [0.717, 1.165) is 15.2 Å². The first-order valence-electron chi connectivity index (χ1n) is 4.52. The largest absolute Gasteiger partial charge is 0.245 e. The van der Waals surface area contributed by atoms with Gasteiger partial charge in [0.2, 0.25) is 0 Å². The summed E-state index contributed by atoms with van der Waals surface area (Å²) in [5, 5.41) is 0.815. The zero-order chi connectivity index (χ0) is 10.3. The summed E-state index contributed by atoms with van der Waals surface area (Å²) in [5.41, 5.74) is 4.21. The third-order valence-electron chi connectivity index (χ3n) is 2.25. The number of nitrogens with zero attached hydrogens (tertiary/aromatic N) is 1. The number of benzene rings is 1. The van der Waals surface area contributed by atoms with Gasteiger partial charge >= 0.3 is 0 Å². The molecule has 2 aromatic rings. The minimum absolute atomic E-state index is 0.126. The number of fused-ring (bicyclic) bond motifs is 1. The molecular formula is C11H12ClNS. The summed E-state index contributed by atoms with van der Waals surface area (Å²) in [4.78, 5) is 4.29. The van der Waals surface area contributed by atoms with Crippen LogP contribution in [0.5, 0.6) is 0 Å². The number of hydrogen-bond acceptors (Lipinski definition) is 2. The van der Waals surface area contributed by atoms with Gasteiger partial charge in [0.05, 0.1) is 20.7 Å². The molecule has 2 rings (SSSR count). The normalized spacial score (nSPS) is 12.3. The molecule has 0 amide bonds. The lowest BCUT2D eigenvalue weighted by Gasteiger charge is -2.19. The van der Waals surface area contributed by atoms with Crippen molar-refractivity contribution >= 4 is 33.2 Å². The summed E-state index contributed by atoms with van der Waals surface area (Å²) in [6.45, 7) is 6.53. The van der Waals surface area contributed by atoms with Crippen molar-refractivity contribution in [2.24, 2.45) is 0 Å². The van der Waals surface area contributed by atoms with Gasteiger partial charge < -0.3 is 0 Å². The Hall–Kier alpha value is -0.600. The van der Waals surface area contributed by atoms with E-state index < -0.39 is 0 Å². The van der Waals surface area contributed by atoms with Crippen LogP contribution < -0.4 is 0 Å². The van der Waals surface area contributed by atoms with E-state index in [1.807, 2.05) is 11.6 Å². The van der Waals surface area contributed by atoms with E-state index in [4.69, 9.17) is 11.6 Å². The number of rotatable bonds is 0. The Kier molecular flexibility index (Phi) is 2.28. The van der Waals surface area contributed by atoms with Gasteiger partial charge in [-0.25, -0.2) is 4.98 Å². The molecule has 14 heavy (non-hydrogen) atoms. The Labute approximate surface area is 92.7 Å². The summed E-state index contributed by atoms with van der Waals surface area (Å²) in [6, 6.07) is 4.17. The zero-order valence-corrected chi connectivity index (χ0v) is 10.0. The molecule has 0 atom stereocenters. The lowest BCUT2D eigenvalue weighted by atomic mass is 9.87. The van der Waals surface area contributed by atoms with Crippen LogP contribution in [0, 0.1) is 0 Å². The Morgan fingerprint density at radius 1 is 1.29 bits per heavy atom. The molecule has 0 N–H and O–H groups in total. The Morgan fingerprint density at radius 2 is 2.00 bits per heavy atom. The molecule has 0 bridgehead atoms. The zero-order valence-electron chi connectivity index (χ0n) is 8.47. The minimum Gasteiger partial charge on any atom is -0.245 e. The molecule has 1 heterocycles. The maximum Gasteiger partial charge on any atom is 0.0830 e. The van der Waals surface area contributed by atoms with Crippen molar-refractivity contribution in [2.45, 2.75) is 26.2 Å². The van der Waals surface area contributed by atoms with Crippen molar-refractivity contribution in [3.63, 3.8) is 0 Å². The van der Waals surface area contributed by atoms with Crippen LogP contribution in [0.4, 0.5) is 0 Å². The summed E-state index contributed by atoms with van der Waals surface area (Å²) in [6.07, 6.45) is 0. The lowest BCUT2D eigenvalue weighted by Crippen LogP contribution is -2.10. The number of aromatic nitrogens is 1. The molecule has 0 spiro atoms. The molecule has 0 saturated heterocycles. The minimum atomic E-state index is 0.126. The molecule has 0 fully saturated rings. The third-order valence-corrected chi connectivity index (χ3v) is 3.54. The topological polar surface area (TPSA) is 12.9 Å². The van der Waals surface area contributed by atoms with Gasteiger partial charge in [-0.3, -0.25) is 0 Å². The van der Waals surface area contributed by atoms with Crippen LogP contribution in [0.3, 0.4) is 0 Å². The first kappa shape index (κ1) is 9.94. The summed E-state index contributed by atoms with van der Waals surface area (Å²) in [5.74, 6) is 0. The molecule has 0 unspecified atom stereocenters. The second-order valence-corrected chi connectivity index (χ2v) is 5.67. The number of halogens is 1. The van der Waals surface area contributed by atoms with Gasteiger partial charge in [0.15, 0.2) is 0 Å². The van der Waals surface area contributed by atoms with Crippen molar-refractivity contribution in [1.82, 2.24) is 4.98 Å². The highest BCUT2D eigenvalue weighted by atomic mass is 35.5. The van der Waals surface area contributed by atoms with E-state index in [-0.39, 0.29) is 5.41 Å². The predicted octanol–water partition coefficient (Wildman–Crippen LogP) is 4.25. The number of thiazole rings is 1. The lowest BCUT2D eigenvalue weighted by molar-refractivity contribution is 0.591. The van der Waals surface area contributed by atoms with Crippen molar-refractivity contribution in [1.29, 1.82) is 0 Å². The summed E-state index contributed by atoms with van der Waals surface area (Å²) < 4.78 is 1.08. The molecule has 3 heteroatoms. The van der Waals surface area contributed by atoms with Crippen LogP contribution in [-0.2, 0) is 5.41 Å². The molecule has 0 aliphatic carbocycles. The fourth-order valence-corrected chi connectivity index (χ4v) is 2.38. The van der Waals surface area contributed by atoms with Crippen molar-refractivity contribution in [2.75, 3.05) is 0 Å². The third kappa shape index (κ3) is 1.64. The van der Waals surface area contributed by atoms with Gasteiger partial charge in [0.25, 0.3) is 0 Å². The SMILES string of the molecule is CC(C)(C)c1cc(Cl)c2scnc2c1. The first-order chi connectivity index (χ1) is 6.48. The highest BCUT2D eigenvalue weighted by molar-refractivity contribution is 7.17. The molecule has 1 nitrogen and oxygen atoms in total. The fraction of sp³-hybridized carbons (Fsp3) is 0.364. The van der Waals surface area contributed by atoms with Gasteiger partial charge in [0, 0.05) is 0 Å². The maximum atomic E-state index is 6.18. The Bertz CT molecular complexity index is 468. The standard InChI is InChI=1S/C11H12ClNS/c1-11(2,3)7-4-8(12)10-9(5-7)13-6-14-10/h4-6H,1-3H3. The second-order valence-electron chi connectivity index (χ2n) is 4.41. The molecule has 74 valence electrons. The van der Waals surface area contributed by atoms with E-state index >= 15 is 0 Å². The van der Waals surface area contributed by atoms with Crippen LogP contribution in [0.25, 0.3) is 10.2 Å². The maximum absolute atomic E-state index is 6.18. The van der Waals surface area contributed by atoms with Crippen molar-refractivity contribution < 1.29 is 0 Å². The summed E-state index contributed by atoms with van der Waals surface area (Å²) >= 11 is 7.77. The van der Waals surface area contributed by atoms with Gasteiger partial charge in [-0.1, -0.05) is 32.4 Å². The van der Waals surface area contributed by atoms with Crippen LogP contribution in [0.1, 0.15) is 26.3 Å². The average Bonchev–Trinajstić information content (AvgIpc) is 2.50. The molecular weight excluding hydrogens is 214 g/mol. The average molecular weight is 226 g/mol. The molecule has 1 aromatic carbocycles. The van der Waals surface area contributed by atoms with Gasteiger partial charge in [-0.2, -0.15) is 0 Å². The quantitative estimate of drug-likeness (QED) is 0.653. The summed E-state index contributed by atoms with van der Waals surface area (Å²) in [7, 11) is 0. The Balaban J connectivity index is 2.70. The van der Waals surface area contributed by atoms with E-state index in [0.29, 0.717) is 0 Å². The van der Waals surface area contributed by atoms with E-state index in [2.05, 4.69) is 31.8 Å². The van der Waals surface area contributed by atoms with Crippen LogP contribution in [-0.4, -0.2) is 4.98 Å². The van der Waals surface area contributed by atoms with E-state index in [9.17, 15) is 0 Å². The van der Waals surface area contributed by atoms with Crippen LogP contribution in [0.2, 0.25) is 5.02 Å². The molecule has 0 saturated carbocycles. The number of hydrogen-bond donors (Lipinski definition) is 0. The van der Waals surface area contributed by atoms with E-state index in [1.165, 1.54) is 5.56 Å². The Morgan fingerprint density at radius 3 is 2.64 bits per heavy atom. The second kappa shape index (κ2) is 3.21. The smallest absolute Gasteiger partial charge is 0.0830 e. The first-order valence-corrected chi connectivity index (χ1v) is 5.77. The highest BCUT2D eigenvalue weighted by Crippen LogP contribution is 2.32. The van der Waals surface area contributed by atoms with Gasteiger partial charge in [0.1, 0.15) is 0 Å². The van der Waals surface area contributed by atoms with E-state index in [1.54, 1.807) is 11.3 Å². The van der Waals surface area contributed by atoms with Gasteiger partial charge in [-0.05, 0) is 23.1 Å². The monoisotopic (exact) mass is 225 g/mol. The molecule has 0 aliphatic rings. The van der Waals surface area contributed by atoms with Crippen LogP contribution >= 0.6 is 22.9 Å². The molecule has 1 aromatic heterocycles. The van der Waals surface area contributed by atoms with Crippen LogP contribution in [0.15, 0.2) is 17.6 Å². The highest BCUT2D eigenvalue weighted by Gasteiger charge is 2.16. The molecule has 0 aliphatic heterocycles. The van der Waals surface area contributed by atoms with Crippen molar-refractivity contribution in [3.8, 4) is 0 Å². The van der Waals surface area contributed by atoms with Gasteiger partial charge in [-0.15, -0.1) is 11.3 Å².